The lowest BCUT2D eigenvalue weighted by Gasteiger charge is -2.30. The molecule has 0 bridgehead atoms. The summed E-state index contributed by atoms with van der Waals surface area (Å²) in [6.07, 6.45) is 5.53. The molecule has 4 heteroatoms. The van der Waals surface area contributed by atoms with E-state index in [-0.39, 0.29) is 11.7 Å². The van der Waals surface area contributed by atoms with Crippen LogP contribution in [0.1, 0.15) is 44.6 Å². The van der Waals surface area contributed by atoms with Crippen LogP contribution in [0.2, 0.25) is 0 Å². The minimum atomic E-state index is -0.225. The molecule has 3 rings (SSSR count). The number of carbonyl (C=O) groups excluding carboxylic acids is 1. The van der Waals surface area contributed by atoms with Crippen LogP contribution in [0.3, 0.4) is 0 Å². The second-order valence-electron chi connectivity index (χ2n) is 7.63. The van der Waals surface area contributed by atoms with Crippen molar-refractivity contribution in [3.8, 4) is 0 Å². The first-order chi connectivity index (χ1) is 11.6. The molecule has 2 atom stereocenters. The molecule has 0 aromatic heterocycles. The molecule has 1 heterocycles. The van der Waals surface area contributed by atoms with E-state index in [1.807, 2.05) is 4.90 Å². The van der Waals surface area contributed by atoms with Gasteiger partial charge in [-0.15, -0.1) is 0 Å². The number of benzene rings is 1. The number of carbonyl (C=O) groups is 1. The summed E-state index contributed by atoms with van der Waals surface area (Å²) in [5.41, 5.74) is 1.01. The summed E-state index contributed by atoms with van der Waals surface area (Å²) < 4.78 is 13.1. The summed E-state index contributed by atoms with van der Waals surface area (Å²) in [7, 11) is 0. The van der Waals surface area contributed by atoms with Crippen molar-refractivity contribution in [3.63, 3.8) is 0 Å². The van der Waals surface area contributed by atoms with Crippen LogP contribution in [0.15, 0.2) is 24.3 Å². The van der Waals surface area contributed by atoms with Gasteiger partial charge in [-0.25, -0.2) is 4.39 Å². The molecular formula is C20H29FN2O. The number of nitrogens with one attached hydrogen (secondary N) is 1. The fraction of sp³-hybridized carbons (Fsp3) is 0.650. The minimum absolute atomic E-state index is 0.225. The molecule has 1 amide bonds. The molecule has 1 aromatic carbocycles. The zero-order valence-electron chi connectivity index (χ0n) is 14.6. The van der Waals surface area contributed by atoms with Crippen LogP contribution in [0.5, 0.6) is 0 Å². The molecule has 132 valence electrons. The van der Waals surface area contributed by atoms with Gasteiger partial charge in [0.2, 0.25) is 5.91 Å². The molecule has 1 aromatic rings. The van der Waals surface area contributed by atoms with Crippen LogP contribution in [-0.2, 0) is 11.3 Å². The number of rotatable bonds is 7. The summed E-state index contributed by atoms with van der Waals surface area (Å²) in [4.78, 5) is 14.9. The molecule has 1 aliphatic heterocycles. The van der Waals surface area contributed by atoms with Gasteiger partial charge in [0.25, 0.3) is 0 Å². The molecule has 2 fully saturated rings. The van der Waals surface area contributed by atoms with Crippen LogP contribution in [0.25, 0.3) is 0 Å². The normalized spacial score (nSPS) is 22.2. The Balaban J connectivity index is 1.58. The predicted octanol–water partition coefficient (Wildman–Crippen LogP) is 3.59. The van der Waals surface area contributed by atoms with Crippen LogP contribution < -0.4 is 5.32 Å². The SMILES string of the molecule is CC(CC(=O)N(Cc1ccc(F)cc1)CC1CC1)C1CCCNC1. The third kappa shape index (κ3) is 5.04. The van der Waals surface area contributed by atoms with E-state index >= 15 is 0 Å². The number of amides is 1. The topological polar surface area (TPSA) is 32.3 Å². The lowest BCUT2D eigenvalue weighted by molar-refractivity contribution is -0.133. The summed E-state index contributed by atoms with van der Waals surface area (Å²) in [5, 5.41) is 3.45. The maximum atomic E-state index is 13.1. The molecule has 0 radical (unpaired) electrons. The Labute approximate surface area is 144 Å². The summed E-state index contributed by atoms with van der Waals surface area (Å²) >= 11 is 0. The van der Waals surface area contributed by atoms with Gasteiger partial charge in [0.15, 0.2) is 0 Å². The lowest BCUT2D eigenvalue weighted by atomic mass is 9.85. The number of nitrogens with zero attached hydrogens (tertiary/aromatic N) is 1. The van der Waals surface area contributed by atoms with Gasteiger partial charge in [0, 0.05) is 19.5 Å². The Bertz CT molecular complexity index is 535. The van der Waals surface area contributed by atoms with E-state index in [1.165, 1.54) is 37.8 Å². The van der Waals surface area contributed by atoms with Crippen molar-refractivity contribution in [2.45, 2.75) is 45.6 Å². The third-order valence-electron chi connectivity index (χ3n) is 5.45. The highest BCUT2D eigenvalue weighted by atomic mass is 19.1. The van der Waals surface area contributed by atoms with Crippen LogP contribution >= 0.6 is 0 Å². The van der Waals surface area contributed by atoms with E-state index in [0.717, 1.165) is 25.2 Å². The van der Waals surface area contributed by atoms with Crippen LogP contribution in [-0.4, -0.2) is 30.4 Å². The molecule has 3 nitrogen and oxygen atoms in total. The molecule has 1 aliphatic carbocycles. The predicted molar refractivity (Wildman–Crippen MR) is 93.9 cm³/mol. The number of hydrogen-bond donors (Lipinski definition) is 1. The highest BCUT2D eigenvalue weighted by Gasteiger charge is 2.29. The quantitative estimate of drug-likeness (QED) is 0.827. The second-order valence-corrected chi connectivity index (χ2v) is 7.63. The van der Waals surface area contributed by atoms with Crippen LogP contribution in [0.4, 0.5) is 4.39 Å². The molecule has 2 aliphatic rings. The minimum Gasteiger partial charge on any atom is -0.338 e. The van der Waals surface area contributed by atoms with Gasteiger partial charge in [-0.05, 0) is 74.2 Å². The zero-order chi connectivity index (χ0) is 16.9. The van der Waals surface area contributed by atoms with Crippen molar-refractivity contribution in [3.05, 3.63) is 35.6 Å². The van der Waals surface area contributed by atoms with E-state index in [1.54, 1.807) is 12.1 Å². The molecule has 24 heavy (non-hydrogen) atoms. The first-order valence-electron chi connectivity index (χ1n) is 9.34. The van der Waals surface area contributed by atoms with Gasteiger partial charge in [-0.1, -0.05) is 19.1 Å². The lowest BCUT2D eigenvalue weighted by Crippen LogP contribution is -2.37. The van der Waals surface area contributed by atoms with Gasteiger partial charge in [-0.3, -0.25) is 4.79 Å². The number of piperidine rings is 1. The van der Waals surface area contributed by atoms with Gasteiger partial charge in [0.05, 0.1) is 0 Å². The first kappa shape index (κ1) is 17.4. The van der Waals surface area contributed by atoms with Crippen molar-refractivity contribution >= 4 is 5.91 Å². The van der Waals surface area contributed by atoms with Crippen molar-refractivity contribution in [2.75, 3.05) is 19.6 Å². The fourth-order valence-corrected chi connectivity index (χ4v) is 3.61. The Morgan fingerprint density at radius 2 is 2.04 bits per heavy atom. The standard InChI is InChI=1S/C20H29FN2O/c1-15(18-3-2-10-22-12-18)11-20(24)23(13-16-4-5-16)14-17-6-8-19(21)9-7-17/h6-9,15-16,18,22H,2-5,10-14H2,1H3. The highest BCUT2D eigenvalue weighted by Crippen LogP contribution is 2.31. The van der Waals surface area contributed by atoms with Gasteiger partial charge in [-0.2, -0.15) is 0 Å². The Morgan fingerprint density at radius 3 is 2.67 bits per heavy atom. The zero-order valence-corrected chi connectivity index (χ0v) is 14.6. The number of halogens is 1. The first-order valence-corrected chi connectivity index (χ1v) is 9.34. The molecule has 1 saturated carbocycles. The summed E-state index contributed by atoms with van der Waals surface area (Å²) in [5.74, 6) is 1.72. The average Bonchev–Trinajstić information content (AvgIpc) is 3.41. The Hall–Kier alpha value is -1.42. The van der Waals surface area contributed by atoms with Crippen molar-refractivity contribution in [1.82, 2.24) is 10.2 Å². The van der Waals surface area contributed by atoms with Crippen molar-refractivity contribution in [1.29, 1.82) is 0 Å². The maximum Gasteiger partial charge on any atom is 0.223 e. The third-order valence-corrected chi connectivity index (χ3v) is 5.45. The van der Waals surface area contributed by atoms with Gasteiger partial charge < -0.3 is 10.2 Å². The van der Waals surface area contributed by atoms with E-state index in [0.29, 0.717) is 30.7 Å². The number of hydrogen-bond acceptors (Lipinski definition) is 2. The second kappa shape index (κ2) is 8.11. The molecular weight excluding hydrogens is 303 g/mol. The summed E-state index contributed by atoms with van der Waals surface area (Å²) in [6, 6.07) is 6.53. The average molecular weight is 332 g/mol. The smallest absolute Gasteiger partial charge is 0.223 e. The van der Waals surface area contributed by atoms with E-state index in [4.69, 9.17) is 0 Å². The van der Waals surface area contributed by atoms with E-state index in [9.17, 15) is 9.18 Å². The van der Waals surface area contributed by atoms with Crippen LogP contribution in [0, 0.1) is 23.6 Å². The van der Waals surface area contributed by atoms with E-state index < -0.39 is 0 Å². The van der Waals surface area contributed by atoms with E-state index in [2.05, 4.69) is 12.2 Å². The molecule has 1 N–H and O–H groups in total. The van der Waals surface area contributed by atoms with Gasteiger partial charge in [0.1, 0.15) is 5.82 Å². The largest absolute Gasteiger partial charge is 0.338 e. The highest BCUT2D eigenvalue weighted by molar-refractivity contribution is 5.76. The van der Waals surface area contributed by atoms with Gasteiger partial charge >= 0.3 is 0 Å². The van der Waals surface area contributed by atoms with Crippen molar-refractivity contribution < 1.29 is 9.18 Å². The monoisotopic (exact) mass is 332 g/mol. The molecule has 1 saturated heterocycles. The molecule has 0 spiro atoms. The van der Waals surface area contributed by atoms with Crippen molar-refractivity contribution in [2.24, 2.45) is 17.8 Å². The molecule has 2 unspecified atom stereocenters. The fourth-order valence-electron chi connectivity index (χ4n) is 3.61. The maximum absolute atomic E-state index is 13.1. The summed E-state index contributed by atoms with van der Waals surface area (Å²) in [6.45, 7) is 5.81. The Morgan fingerprint density at radius 1 is 1.29 bits per heavy atom. The Kier molecular flexibility index (Phi) is 5.88.